The van der Waals surface area contributed by atoms with Gasteiger partial charge < -0.3 is 20.0 Å². The normalized spacial score (nSPS) is 19.8. The molecule has 1 amide bonds. The lowest BCUT2D eigenvalue weighted by molar-refractivity contribution is -0.137. The Bertz CT molecular complexity index is 1030. The monoisotopic (exact) mass is 467 g/mol. The van der Waals surface area contributed by atoms with Crippen LogP contribution in [0, 0.1) is 0 Å². The molecule has 2 aromatic rings. The number of amides is 1. The first kappa shape index (κ1) is 23.1. The summed E-state index contributed by atoms with van der Waals surface area (Å²) in [5, 5.41) is 22.6. The van der Waals surface area contributed by atoms with Gasteiger partial charge in [0, 0.05) is 57.7 Å². The van der Waals surface area contributed by atoms with Crippen molar-refractivity contribution < 1.29 is 33.0 Å². The van der Waals surface area contributed by atoms with Gasteiger partial charge in [-0.15, -0.1) is 0 Å². The number of aromatic nitrogens is 2. The Morgan fingerprint density at radius 2 is 1.82 bits per heavy atom. The van der Waals surface area contributed by atoms with E-state index in [2.05, 4.69) is 5.10 Å². The molecule has 2 aliphatic heterocycles. The van der Waals surface area contributed by atoms with Crippen molar-refractivity contribution in [1.82, 2.24) is 19.6 Å². The first-order valence-electron chi connectivity index (χ1n) is 10.6. The van der Waals surface area contributed by atoms with Gasteiger partial charge in [0.1, 0.15) is 0 Å². The van der Waals surface area contributed by atoms with E-state index < -0.39 is 29.8 Å². The molecule has 178 valence electrons. The summed E-state index contributed by atoms with van der Waals surface area (Å²) in [4.78, 5) is 28.9. The molecule has 0 aliphatic carbocycles. The van der Waals surface area contributed by atoms with Gasteiger partial charge in [-0.25, -0.2) is 9.59 Å². The number of β-amino-alcohol motifs (C(OH)–C–C–N with tert-alkyl or cyclic N) is 1. The van der Waals surface area contributed by atoms with Crippen molar-refractivity contribution >= 4 is 17.7 Å². The van der Waals surface area contributed by atoms with E-state index in [1.807, 2.05) is 4.90 Å². The number of benzene rings is 1. The third-order valence-electron chi connectivity index (χ3n) is 5.96. The fourth-order valence-corrected chi connectivity index (χ4v) is 4.16. The minimum atomic E-state index is -4.45. The van der Waals surface area contributed by atoms with Gasteiger partial charge in [-0.3, -0.25) is 4.90 Å². The number of anilines is 1. The zero-order valence-corrected chi connectivity index (χ0v) is 17.7. The van der Waals surface area contributed by atoms with Gasteiger partial charge in [0.2, 0.25) is 0 Å². The number of alkyl halides is 3. The highest BCUT2D eigenvalue weighted by Gasteiger charge is 2.33. The second-order valence-corrected chi connectivity index (χ2v) is 8.23. The van der Waals surface area contributed by atoms with E-state index in [1.54, 1.807) is 9.80 Å². The number of carboxylic acid groups (broad SMARTS) is 1. The second-order valence-electron chi connectivity index (χ2n) is 8.23. The van der Waals surface area contributed by atoms with Crippen LogP contribution >= 0.6 is 0 Å². The fourth-order valence-electron chi connectivity index (χ4n) is 4.16. The number of hydrogen-bond acceptors (Lipinski definition) is 6. The van der Waals surface area contributed by atoms with Crippen LogP contribution in [0.4, 0.5) is 23.7 Å². The summed E-state index contributed by atoms with van der Waals surface area (Å²) >= 11 is 0. The van der Waals surface area contributed by atoms with Crippen LogP contribution in [0.15, 0.2) is 30.5 Å². The molecule has 2 N–H and O–H groups in total. The van der Waals surface area contributed by atoms with Crippen LogP contribution in [0.25, 0.3) is 0 Å². The molecule has 4 rings (SSSR count). The predicted molar refractivity (Wildman–Crippen MR) is 111 cm³/mol. The van der Waals surface area contributed by atoms with Crippen molar-refractivity contribution in [2.24, 2.45) is 0 Å². The van der Waals surface area contributed by atoms with Crippen LogP contribution in [0.2, 0.25) is 0 Å². The van der Waals surface area contributed by atoms with Crippen LogP contribution in [0.1, 0.15) is 28.0 Å². The fraction of sp³-hybridized carbons (Fsp3) is 0.476. The Morgan fingerprint density at radius 1 is 1.09 bits per heavy atom. The van der Waals surface area contributed by atoms with E-state index in [0.29, 0.717) is 57.9 Å². The van der Waals surface area contributed by atoms with Crippen LogP contribution in [-0.2, 0) is 12.7 Å². The van der Waals surface area contributed by atoms with E-state index in [4.69, 9.17) is 5.11 Å². The van der Waals surface area contributed by atoms with Crippen molar-refractivity contribution in [3.05, 3.63) is 47.3 Å². The molecular formula is C21H24F3N5O4. The largest absolute Gasteiger partial charge is 0.476 e. The van der Waals surface area contributed by atoms with E-state index in [1.165, 1.54) is 18.3 Å². The maximum Gasteiger partial charge on any atom is 0.416 e. The number of carboxylic acids is 1. The molecule has 0 bridgehead atoms. The van der Waals surface area contributed by atoms with Gasteiger partial charge in [-0.05, 0) is 30.2 Å². The van der Waals surface area contributed by atoms with Crippen LogP contribution in [0.3, 0.4) is 0 Å². The minimum Gasteiger partial charge on any atom is -0.476 e. The Kier molecular flexibility index (Phi) is 6.30. The molecule has 2 fully saturated rings. The van der Waals surface area contributed by atoms with E-state index in [0.717, 1.165) is 22.4 Å². The Morgan fingerprint density at radius 3 is 2.39 bits per heavy atom. The highest BCUT2D eigenvalue weighted by Crippen LogP contribution is 2.35. The van der Waals surface area contributed by atoms with Gasteiger partial charge in [-0.2, -0.15) is 23.0 Å². The molecule has 1 atom stereocenters. The molecule has 2 saturated heterocycles. The van der Waals surface area contributed by atoms with Crippen molar-refractivity contribution in [2.45, 2.75) is 25.2 Å². The standard InChI is InChI=1S/C21H24F3N5O4/c22-21(23,24)15-2-1-14(18(11-15)28-5-3-16(30)13-28)12-26-7-9-27(10-8-26)20(33)29-6-4-17(25-29)19(31)32/h1-2,4,6,11,16,30H,3,5,7-10,12-13H2,(H,31,32). The lowest BCUT2D eigenvalue weighted by Crippen LogP contribution is -2.49. The second kappa shape index (κ2) is 9.02. The summed E-state index contributed by atoms with van der Waals surface area (Å²) in [5.41, 5.74) is 0.259. The summed E-state index contributed by atoms with van der Waals surface area (Å²) in [7, 11) is 0. The molecule has 9 nitrogen and oxygen atoms in total. The summed E-state index contributed by atoms with van der Waals surface area (Å²) in [6.07, 6.45) is -3.21. The number of aliphatic hydroxyl groups is 1. The minimum absolute atomic E-state index is 0.219. The van der Waals surface area contributed by atoms with Crippen molar-refractivity contribution in [3.8, 4) is 0 Å². The van der Waals surface area contributed by atoms with Gasteiger partial charge >= 0.3 is 18.2 Å². The number of carbonyl (C=O) groups excluding carboxylic acids is 1. The summed E-state index contributed by atoms with van der Waals surface area (Å²) < 4.78 is 40.8. The van der Waals surface area contributed by atoms with E-state index >= 15 is 0 Å². The van der Waals surface area contributed by atoms with E-state index in [9.17, 15) is 27.9 Å². The quantitative estimate of drug-likeness (QED) is 0.709. The molecule has 0 spiro atoms. The average molecular weight is 467 g/mol. The first-order valence-corrected chi connectivity index (χ1v) is 10.6. The maximum atomic E-state index is 13.3. The van der Waals surface area contributed by atoms with Crippen molar-refractivity contribution in [1.29, 1.82) is 0 Å². The molecule has 3 heterocycles. The number of hydrogen-bond donors (Lipinski definition) is 2. The van der Waals surface area contributed by atoms with Gasteiger partial charge in [0.25, 0.3) is 0 Å². The third-order valence-corrected chi connectivity index (χ3v) is 5.96. The lowest BCUT2D eigenvalue weighted by Gasteiger charge is -2.35. The summed E-state index contributed by atoms with van der Waals surface area (Å²) in [6, 6.07) is 4.52. The molecule has 33 heavy (non-hydrogen) atoms. The molecule has 1 aromatic carbocycles. The number of aromatic carboxylic acids is 1. The number of carbonyl (C=O) groups is 2. The van der Waals surface area contributed by atoms with Gasteiger partial charge in [0.15, 0.2) is 5.69 Å². The Balaban J connectivity index is 1.43. The lowest BCUT2D eigenvalue weighted by atomic mass is 10.1. The van der Waals surface area contributed by atoms with Crippen LogP contribution in [-0.4, -0.2) is 87.2 Å². The zero-order chi connectivity index (χ0) is 23.8. The van der Waals surface area contributed by atoms with Gasteiger partial charge in [0.05, 0.1) is 11.7 Å². The number of nitrogens with zero attached hydrogens (tertiary/aromatic N) is 5. The number of piperazine rings is 1. The van der Waals surface area contributed by atoms with Crippen molar-refractivity contribution in [2.75, 3.05) is 44.2 Å². The smallest absolute Gasteiger partial charge is 0.416 e. The van der Waals surface area contributed by atoms with E-state index in [-0.39, 0.29) is 5.69 Å². The molecule has 2 aliphatic rings. The molecular weight excluding hydrogens is 443 g/mol. The van der Waals surface area contributed by atoms with Gasteiger partial charge in [-0.1, -0.05) is 6.07 Å². The highest BCUT2D eigenvalue weighted by molar-refractivity contribution is 5.86. The van der Waals surface area contributed by atoms with Crippen LogP contribution in [0.5, 0.6) is 0 Å². The molecule has 1 unspecified atom stereocenters. The Hall–Kier alpha value is -3.12. The number of aliphatic hydroxyl groups excluding tert-OH is 1. The summed E-state index contributed by atoms with van der Waals surface area (Å²) in [5.74, 6) is -1.22. The predicted octanol–water partition coefficient (Wildman–Crippen LogP) is 1.96. The topological polar surface area (TPSA) is 102 Å². The molecule has 12 heteroatoms. The van der Waals surface area contributed by atoms with Crippen molar-refractivity contribution in [3.63, 3.8) is 0 Å². The first-order chi connectivity index (χ1) is 15.6. The molecule has 1 aromatic heterocycles. The molecule has 0 radical (unpaired) electrons. The number of rotatable bonds is 4. The summed E-state index contributed by atoms with van der Waals surface area (Å²) in [6.45, 7) is 2.94. The third kappa shape index (κ3) is 5.11. The van der Waals surface area contributed by atoms with Crippen LogP contribution < -0.4 is 4.90 Å². The SMILES string of the molecule is O=C(O)c1ccn(C(=O)N2CCN(Cc3ccc(C(F)(F)F)cc3N3CCC(O)C3)CC2)n1. The zero-order valence-electron chi connectivity index (χ0n) is 17.7. The average Bonchev–Trinajstić information content (AvgIpc) is 3.43. The number of halogens is 3. The highest BCUT2D eigenvalue weighted by atomic mass is 19.4. The maximum absolute atomic E-state index is 13.3. The molecule has 0 saturated carbocycles. The Labute approximate surface area is 187 Å².